The van der Waals surface area contributed by atoms with E-state index in [0.717, 1.165) is 44.4 Å². The number of phenols is 1. The Kier molecular flexibility index (Phi) is 7.33. The van der Waals surface area contributed by atoms with Gasteiger partial charge in [-0.15, -0.1) is 0 Å². The number of phenolic OH excluding ortho intramolecular Hbond substituents is 1. The molecule has 4 saturated heterocycles. The van der Waals surface area contributed by atoms with Crippen molar-refractivity contribution in [3.05, 3.63) is 59.3 Å². The van der Waals surface area contributed by atoms with Gasteiger partial charge in [-0.1, -0.05) is 6.07 Å². The molecule has 9 nitrogen and oxygen atoms in total. The number of aromatic hydroxyl groups is 1. The van der Waals surface area contributed by atoms with Crippen molar-refractivity contribution < 1.29 is 27.4 Å². The number of alkyl halides is 1. The maximum Gasteiger partial charge on any atom is 0.319 e. The molecule has 8 rings (SSSR count). The number of hydrogen-bond donors (Lipinski definition) is 2. The SMILES string of the molecule is [C-]#[N+]CC1CN(c2nc(OCC34CCCN3C[C@H](F)C4)nc3c(F)c(-c4cc(O)cc5ccc(F)c(F)c45)ncc23)CC2CCC1N2. The van der Waals surface area contributed by atoms with Gasteiger partial charge in [0.05, 0.1) is 16.8 Å². The molecule has 0 saturated carbocycles. The Morgan fingerprint density at radius 3 is 2.83 bits per heavy atom. The fraction of sp³-hybridized carbons (Fsp3) is 0.471. The van der Waals surface area contributed by atoms with Crippen molar-refractivity contribution in [2.45, 2.75) is 55.9 Å². The van der Waals surface area contributed by atoms with Crippen molar-refractivity contribution in [2.24, 2.45) is 5.92 Å². The van der Waals surface area contributed by atoms with E-state index in [4.69, 9.17) is 16.3 Å². The monoisotopic (exact) mass is 647 g/mol. The third-order valence-electron chi connectivity index (χ3n) is 10.5. The van der Waals surface area contributed by atoms with Crippen LogP contribution in [0.25, 0.3) is 37.8 Å². The van der Waals surface area contributed by atoms with E-state index in [-0.39, 0.29) is 63.9 Å². The van der Waals surface area contributed by atoms with Crippen molar-refractivity contribution in [2.75, 3.05) is 44.2 Å². The largest absolute Gasteiger partial charge is 0.508 e. The average molecular weight is 648 g/mol. The molecule has 4 aliphatic rings. The number of nitrogens with zero attached hydrogens (tertiary/aromatic N) is 6. The predicted octanol–water partition coefficient (Wildman–Crippen LogP) is 5.40. The second kappa shape index (κ2) is 11.5. The van der Waals surface area contributed by atoms with Gasteiger partial charge in [-0.3, -0.25) is 9.88 Å². The Bertz CT molecular complexity index is 1940. The molecule has 0 amide bonds. The summed E-state index contributed by atoms with van der Waals surface area (Å²) in [5.74, 6) is -3.09. The Hall–Kier alpha value is -4.28. The number of pyridine rings is 1. The molecule has 6 heterocycles. The summed E-state index contributed by atoms with van der Waals surface area (Å²) in [6.45, 7) is 10.2. The maximum atomic E-state index is 16.8. The molecule has 4 aliphatic heterocycles. The third-order valence-corrected chi connectivity index (χ3v) is 10.5. The van der Waals surface area contributed by atoms with Gasteiger partial charge in [0.1, 0.15) is 35.6 Å². The lowest BCUT2D eigenvalue weighted by atomic mass is 9.95. The number of anilines is 1. The number of fused-ring (bicyclic) bond motifs is 5. The van der Waals surface area contributed by atoms with Crippen molar-refractivity contribution in [3.63, 3.8) is 0 Å². The minimum atomic E-state index is -1.19. The molecule has 4 unspecified atom stereocenters. The van der Waals surface area contributed by atoms with Crippen LogP contribution >= 0.6 is 0 Å². The van der Waals surface area contributed by atoms with Gasteiger partial charge in [0.2, 0.25) is 6.54 Å². The second-order valence-corrected chi connectivity index (χ2v) is 13.4. The van der Waals surface area contributed by atoms with Crippen molar-refractivity contribution >= 4 is 27.5 Å². The Morgan fingerprint density at radius 1 is 1.11 bits per heavy atom. The summed E-state index contributed by atoms with van der Waals surface area (Å²) in [4.78, 5) is 21.5. The van der Waals surface area contributed by atoms with E-state index in [1.807, 2.05) is 4.90 Å². The van der Waals surface area contributed by atoms with Crippen molar-refractivity contribution in [1.82, 2.24) is 25.2 Å². The quantitative estimate of drug-likeness (QED) is 0.213. The van der Waals surface area contributed by atoms with Gasteiger partial charge in [0.25, 0.3) is 0 Å². The first-order valence-electron chi connectivity index (χ1n) is 16.1. The zero-order valence-corrected chi connectivity index (χ0v) is 25.5. The molecule has 2 aromatic heterocycles. The highest BCUT2D eigenvalue weighted by Gasteiger charge is 2.49. The molecule has 0 radical (unpaired) electrons. The first-order chi connectivity index (χ1) is 22.7. The minimum absolute atomic E-state index is 0.00825. The molecular formula is C34H33F4N7O2. The van der Waals surface area contributed by atoms with E-state index < -0.39 is 29.2 Å². The van der Waals surface area contributed by atoms with Gasteiger partial charge in [-0.05, 0) is 55.8 Å². The van der Waals surface area contributed by atoms with E-state index in [1.54, 1.807) is 0 Å². The molecule has 47 heavy (non-hydrogen) atoms. The van der Waals surface area contributed by atoms with Crippen LogP contribution in [0.2, 0.25) is 0 Å². The molecule has 2 N–H and O–H groups in total. The molecular weight excluding hydrogens is 614 g/mol. The molecule has 2 bridgehead atoms. The van der Waals surface area contributed by atoms with Crippen LogP contribution < -0.4 is 15.0 Å². The number of halogens is 4. The maximum absolute atomic E-state index is 16.8. The number of nitrogens with one attached hydrogen (secondary N) is 1. The molecule has 5 atom stereocenters. The summed E-state index contributed by atoms with van der Waals surface area (Å²) in [5, 5.41) is 14.3. The highest BCUT2D eigenvalue weighted by molar-refractivity contribution is 6.00. The van der Waals surface area contributed by atoms with E-state index in [9.17, 15) is 13.9 Å². The standard InChI is InChI=1S/C34H33F4N7O2/c1-39-12-19-14-44(16-21-4-6-26(19)41-21)32-24-13-40-30(23-10-22(46)9-18-3-5-25(36)28(37)27(18)23)29(38)31(24)42-33(43-32)47-17-34-7-2-8-45(34)15-20(35)11-34/h3,5,9-10,13,19-21,26,41,46H,2,4,6-8,11-12,14-17H2/t19?,20-,21?,26?,34?/m1/s1. The van der Waals surface area contributed by atoms with Gasteiger partial charge >= 0.3 is 6.01 Å². The number of benzene rings is 2. The van der Waals surface area contributed by atoms with Crippen LogP contribution in [0.1, 0.15) is 32.1 Å². The van der Waals surface area contributed by atoms with Gasteiger partial charge in [-0.2, -0.15) is 9.97 Å². The summed E-state index contributed by atoms with van der Waals surface area (Å²) in [6, 6.07) is 4.90. The Balaban J connectivity index is 1.27. The van der Waals surface area contributed by atoms with Crippen LogP contribution in [0.4, 0.5) is 23.4 Å². The first-order valence-corrected chi connectivity index (χ1v) is 16.1. The summed E-state index contributed by atoms with van der Waals surface area (Å²) in [5.41, 5.74) is -1.08. The smallest absolute Gasteiger partial charge is 0.319 e. The van der Waals surface area contributed by atoms with Gasteiger partial charge < -0.3 is 24.9 Å². The number of aromatic nitrogens is 3. The van der Waals surface area contributed by atoms with E-state index in [2.05, 4.69) is 25.0 Å². The van der Waals surface area contributed by atoms with Crippen molar-refractivity contribution in [1.29, 1.82) is 0 Å². The Morgan fingerprint density at radius 2 is 1.98 bits per heavy atom. The molecule has 2 aromatic carbocycles. The van der Waals surface area contributed by atoms with Gasteiger partial charge in [-0.25, -0.2) is 24.1 Å². The summed E-state index contributed by atoms with van der Waals surface area (Å²) < 4.78 is 67.0. The molecule has 244 valence electrons. The first kappa shape index (κ1) is 30.1. The normalized spacial score (nSPS) is 27.3. The van der Waals surface area contributed by atoms with Crippen LogP contribution in [0.15, 0.2) is 30.5 Å². The molecule has 13 heteroatoms. The van der Waals surface area contributed by atoms with E-state index in [0.29, 0.717) is 43.8 Å². The highest BCUT2D eigenvalue weighted by Crippen LogP contribution is 2.42. The molecule has 4 aromatic rings. The van der Waals surface area contributed by atoms with Crippen LogP contribution in [0.5, 0.6) is 11.8 Å². The predicted molar refractivity (Wildman–Crippen MR) is 167 cm³/mol. The minimum Gasteiger partial charge on any atom is -0.508 e. The fourth-order valence-electron chi connectivity index (χ4n) is 8.32. The zero-order chi connectivity index (χ0) is 32.4. The summed E-state index contributed by atoms with van der Waals surface area (Å²) >= 11 is 0. The average Bonchev–Trinajstić information content (AvgIpc) is 3.71. The van der Waals surface area contributed by atoms with E-state index in [1.165, 1.54) is 18.3 Å². The zero-order valence-electron chi connectivity index (χ0n) is 25.5. The highest BCUT2D eigenvalue weighted by atomic mass is 19.2. The lowest BCUT2D eigenvalue weighted by molar-refractivity contribution is 0.107. The second-order valence-electron chi connectivity index (χ2n) is 13.4. The lowest BCUT2D eigenvalue weighted by Gasteiger charge is -2.31. The molecule has 4 fully saturated rings. The molecule has 0 aliphatic carbocycles. The summed E-state index contributed by atoms with van der Waals surface area (Å²) in [6.07, 6.45) is 4.37. The van der Waals surface area contributed by atoms with E-state index >= 15 is 8.78 Å². The van der Waals surface area contributed by atoms with Crippen LogP contribution in [-0.2, 0) is 0 Å². The van der Waals surface area contributed by atoms with Gasteiger partial charge in [0.15, 0.2) is 17.5 Å². The third kappa shape index (κ3) is 5.09. The number of hydrogen-bond acceptors (Lipinski definition) is 8. The molecule has 0 spiro atoms. The topological polar surface area (TPSA) is 91.0 Å². The van der Waals surface area contributed by atoms with Crippen LogP contribution in [-0.4, -0.2) is 88.1 Å². The summed E-state index contributed by atoms with van der Waals surface area (Å²) in [7, 11) is 0. The van der Waals surface area contributed by atoms with Crippen molar-refractivity contribution in [3.8, 4) is 23.0 Å². The van der Waals surface area contributed by atoms with Gasteiger partial charge in [0, 0.05) is 55.3 Å². The lowest BCUT2D eigenvalue weighted by Crippen LogP contribution is -2.43. The number of rotatable bonds is 6. The number of ether oxygens (including phenoxy) is 1. The van der Waals surface area contributed by atoms with Crippen LogP contribution in [0.3, 0.4) is 0 Å². The van der Waals surface area contributed by atoms with Crippen LogP contribution in [0, 0.1) is 29.9 Å². The Labute approximate surface area is 268 Å². The fourth-order valence-corrected chi connectivity index (χ4v) is 8.32.